The smallest absolute Gasteiger partial charge is 0.319 e. The Kier molecular flexibility index (Phi) is 4.71. The minimum Gasteiger partial charge on any atom is -0.369 e. The van der Waals surface area contributed by atoms with Gasteiger partial charge < -0.3 is 15.5 Å². The number of amides is 2. The number of benzene rings is 1. The number of halogens is 1. The Balaban J connectivity index is 1.57. The fourth-order valence-electron chi connectivity index (χ4n) is 2.66. The third-order valence-electron chi connectivity index (χ3n) is 3.85. The molecule has 1 aromatic heterocycles. The van der Waals surface area contributed by atoms with Gasteiger partial charge in [-0.15, -0.1) is 0 Å². The number of urea groups is 1. The third-order valence-corrected chi connectivity index (χ3v) is 3.85. The van der Waals surface area contributed by atoms with Crippen molar-refractivity contribution in [3.8, 4) is 0 Å². The fourth-order valence-corrected chi connectivity index (χ4v) is 2.66. The number of hydrogen-bond acceptors (Lipinski definition) is 3. The Morgan fingerprint density at radius 1 is 1.17 bits per heavy atom. The highest BCUT2D eigenvalue weighted by Crippen LogP contribution is 2.25. The van der Waals surface area contributed by atoms with Gasteiger partial charge in [0.25, 0.3) is 0 Å². The van der Waals surface area contributed by atoms with E-state index < -0.39 is 0 Å². The van der Waals surface area contributed by atoms with E-state index in [1.54, 1.807) is 24.5 Å². The molecule has 0 saturated carbocycles. The van der Waals surface area contributed by atoms with Crippen molar-refractivity contribution in [2.75, 3.05) is 23.3 Å². The van der Waals surface area contributed by atoms with Crippen molar-refractivity contribution in [2.24, 2.45) is 0 Å². The van der Waals surface area contributed by atoms with Crippen molar-refractivity contribution >= 4 is 17.4 Å². The van der Waals surface area contributed by atoms with E-state index in [0.717, 1.165) is 31.5 Å². The van der Waals surface area contributed by atoms with Crippen LogP contribution in [-0.4, -0.2) is 24.1 Å². The Morgan fingerprint density at radius 2 is 1.91 bits per heavy atom. The summed E-state index contributed by atoms with van der Waals surface area (Å²) in [6.45, 7) is 2.16. The van der Waals surface area contributed by atoms with Gasteiger partial charge in [-0.3, -0.25) is 4.98 Å². The summed E-state index contributed by atoms with van der Waals surface area (Å²) in [6.07, 6.45) is 5.52. The minimum atomic E-state index is -0.366. The van der Waals surface area contributed by atoms with E-state index in [1.807, 2.05) is 17.0 Å². The van der Waals surface area contributed by atoms with Crippen LogP contribution < -0.4 is 15.5 Å². The maximum absolute atomic E-state index is 14.2. The zero-order valence-electron chi connectivity index (χ0n) is 12.8. The standard InChI is InChI=1S/C17H19FN4O/c18-15-11-14(3-4-16(15)22-9-1-2-10-22)21-17(23)20-12-13-5-7-19-8-6-13/h3-8,11H,1-2,9-10,12H2,(H2,20,21,23). The monoisotopic (exact) mass is 314 g/mol. The quantitative estimate of drug-likeness (QED) is 0.911. The first kappa shape index (κ1) is 15.3. The van der Waals surface area contributed by atoms with Gasteiger partial charge in [0.15, 0.2) is 0 Å². The molecule has 0 spiro atoms. The number of anilines is 2. The van der Waals surface area contributed by atoms with Crippen LogP contribution in [0.2, 0.25) is 0 Å². The molecule has 120 valence electrons. The average Bonchev–Trinajstić information content (AvgIpc) is 3.08. The Bertz CT molecular complexity index is 672. The lowest BCUT2D eigenvalue weighted by Gasteiger charge is -2.19. The zero-order valence-corrected chi connectivity index (χ0v) is 12.8. The fraction of sp³-hybridized carbons (Fsp3) is 0.294. The van der Waals surface area contributed by atoms with Crippen LogP contribution in [0.15, 0.2) is 42.7 Å². The molecule has 2 aromatic rings. The Hall–Kier alpha value is -2.63. The van der Waals surface area contributed by atoms with Crippen LogP contribution in [0.3, 0.4) is 0 Å². The second-order valence-electron chi connectivity index (χ2n) is 5.52. The molecule has 1 aromatic carbocycles. The summed E-state index contributed by atoms with van der Waals surface area (Å²) in [7, 11) is 0. The molecule has 0 aliphatic carbocycles. The van der Waals surface area contributed by atoms with Crippen LogP contribution in [0.4, 0.5) is 20.6 Å². The first-order valence-corrected chi connectivity index (χ1v) is 7.70. The molecule has 0 unspecified atom stereocenters. The predicted octanol–water partition coefficient (Wildman–Crippen LogP) is 3.14. The molecule has 1 saturated heterocycles. The molecule has 1 aliphatic rings. The molecule has 0 radical (unpaired) electrons. The summed E-state index contributed by atoms with van der Waals surface area (Å²) in [4.78, 5) is 17.8. The van der Waals surface area contributed by atoms with Gasteiger partial charge in [-0.05, 0) is 48.7 Å². The van der Waals surface area contributed by atoms with E-state index in [0.29, 0.717) is 17.9 Å². The van der Waals surface area contributed by atoms with Crippen LogP contribution in [0.5, 0.6) is 0 Å². The second-order valence-corrected chi connectivity index (χ2v) is 5.52. The van der Waals surface area contributed by atoms with Gasteiger partial charge in [0, 0.05) is 37.7 Å². The largest absolute Gasteiger partial charge is 0.369 e. The number of rotatable bonds is 4. The lowest BCUT2D eigenvalue weighted by molar-refractivity contribution is 0.251. The number of aromatic nitrogens is 1. The number of hydrogen-bond donors (Lipinski definition) is 2. The van der Waals surface area contributed by atoms with Gasteiger partial charge in [-0.2, -0.15) is 0 Å². The summed E-state index contributed by atoms with van der Waals surface area (Å²) in [5.74, 6) is -0.307. The Labute approximate surface area is 134 Å². The van der Waals surface area contributed by atoms with Crippen molar-refractivity contribution in [3.63, 3.8) is 0 Å². The maximum Gasteiger partial charge on any atom is 0.319 e. The normalized spacial score (nSPS) is 13.9. The zero-order chi connectivity index (χ0) is 16.1. The lowest BCUT2D eigenvalue weighted by atomic mass is 10.2. The Morgan fingerprint density at radius 3 is 2.61 bits per heavy atom. The number of carbonyl (C=O) groups is 1. The van der Waals surface area contributed by atoms with Crippen molar-refractivity contribution < 1.29 is 9.18 Å². The summed E-state index contributed by atoms with van der Waals surface area (Å²) in [5, 5.41) is 5.37. The van der Waals surface area contributed by atoms with Crippen molar-refractivity contribution in [1.29, 1.82) is 0 Å². The molecule has 1 fully saturated rings. The van der Waals surface area contributed by atoms with Gasteiger partial charge in [-0.1, -0.05) is 0 Å². The molecule has 6 heteroatoms. The van der Waals surface area contributed by atoms with Gasteiger partial charge >= 0.3 is 6.03 Å². The molecule has 2 amide bonds. The first-order chi connectivity index (χ1) is 11.2. The van der Waals surface area contributed by atoms with Crippen LogP contribution >= 0.6 is 0 Å². The number of pyridine rings is 1. The minimum absolute atomic E-state index is 0.307. The molecule has 0 bridgehead atoms. The SMILES string of the molecule is O=C(NCc1ccncc1)Nc1ccc(N2CCCC2)c(F)c1. The van der Waals surface area contributed by atoms with Crippen molar-refractivity contribution in [3.05, 3.63) is 54.1 Å². The van der Waals surface area contributed by atoms with Crippen molar-refractivity contribution in [1.82, 2.24) is 10.3 Å². The van der Waals surface area contributed by atoms with Crippen LogP contribution in [0, 0.1) is 5.82 Å². The highest BCUT2D eigenvalue weighted by Gasteiger charge is 2.16. The molecule has 1 aliphatic heterocycles. The molecule has 0 atom stereocenters. The maximum atomic E-state index is 14.2. The number of carbonyl (C=O) groups excluding carboxylic acids is 1. The van der Waals surface area contributed by atoms with E-state index >= 15 is 0 Å². The van der Waals surface area contributed by atoms with Gasteiger partial charge in [-0.25, -0.2) is 9.18 Å². The van der Waals surface area contributed by atoms with Gasteiger partial charge in [0.2, 0.25) is 0 Å². The molecule has 3 rings (SSSR count). The third kappa shape index (κ3) is 3.97. The lowest BCUT2D eigenvalue weighted by Crippen LogP contribution is -2.28. The molecule has 2 N–H and O–H groups in total. The molecule has 2 heterocycles. The number of nitrogens with zero attached hydrogens (tertiary/aromatic N) is 2. The van der Waals surface area contributed by atoms with Crippen LogP contribution in [0.1, 0.15) is 18.4 Å². The van der Waals surface area contributed by atoms with Gasteiger partial charge in [0.05, 0.1) is 5.69 Å². The summed E-state index contributed by atoms with van der Waals surface area (Å²) in [5.41, 5.74) is 1.99. The van der Waals surface area contributed by atoms with E-state index in [1.165, 1.54) is 6.07 Å². The van der Waals surface area contributed by atoms with E-state index in [2.05, 4.69) is 15.6 Å². The highest BCUT2D eigenvalue weighted by molar-refractivity contribution is 5.89. The van der Waals surface area contributed by atoms with Crippen molar-refractivity contribution in [2.45, 2.75) is 19.4 Å². The summed E-state index contributed by atoms with van der Waals surface area (Å²) < 4.78 is 14.2. The first-order valence-electron chi connectivity index (χ1n) is 7.70. The molecular weight excluding hydrogens is 295 g/mol. The number of nitrogens with one attached hydrogen (secondary N) is 2. The van der Waals surface area contributed by atoms with Gasteiger partial charge in [0.1, 0.15) is 5.82 Å². The topological polar surface area (TPSA) is 57.3 Å². The van der Waals surface area contributed by atoms with E-state index in [9.17, 15) is 9.18 Å². The van der Waals surface area contributed by atoms with E-state index in [4.69, 9.17) is 0 Å². The summed E-state index contributed by atoms with van der Waals surface area (Å²) in [6, 6.07) is 8.09. The molecular formula is C17H19FN4O. The second kappa shape index (κ2) is 7.09. The van der Waals surface area contributed by atoms with Crippen LogP contribution in [0.25, 0.3) is 0 Å². The molecule has 5 nitrogen and oxygen atoms in total. The highest BCUT2D eigenvalue weighted by atomic mass is 19.1. The van der Waals surface area contributed by atoms with Crippen LogP contribution in [-0.2, 0) is 6.54 Å². The molecule has 23 heavy (non-hydrogen) atoms. The average molecular weight is 314 g/mol. The van der Waals surface area contributed by atoms with E-state index in [-0.39, 0.29) is 11.8 Å². The predicted molar refractivity (Wildman–Crippen MR) is 87.9 cm³/mol. The summed E-state index contributed by atoms with van der Waals surface area (Å²) >= 11 is 0.